The first-order valence-electron chi connectivity index (χ1n) is 14.6. The Hall–Kier alpha value is -4.35. The molecule has 2 N–H and O–H groups in total. The number of hydrogen-bond acceptors (Lipinski definition) is 8. The summed E-state index contributed by atoms with van der Waals surface area (Å²) < 4.78 is 40.4. The summed E-state index contributed by atoms with van der Waals surface area (Å²) in [4.78, 5) is 26.3. The van der Waals surface area contributed by atoms with Gasteiger partial charge >= 0.3 is 0 Å². The van der Waals surface area contributed by atoms with Crippen molar-refractivity contribution >= 4 is 22.5 Å². The Balaban J connectivity index is 1.45. The number of methoxy groups -OCH3 is 2. The van der Waals surface area contributed by atoms with Crippen molar-refractivity contribution in [2.45, 2.75) is 32.7 Å². The number of likely N-dealkylation sites (N-methyl/N-ethyl adjacent to an activating group) is 1. The molecule has 0 bridgehead atoms. The van der Waals surface area contributed by atoms with Crippen molar-refractivity contribution in [3.63, 3.8) is 0 Å². The summed E-state index contributed by atoms with van der Waals surface area (Å²) in [6.45, 7) is 15.0. The van der Waals surface area contributed by atoms with E-state index in [4.69, 9.17) is 9.47 Å². The highest BCUT2D eigenvalue weighted by molar-refractivity contribution is 5.90. The molecule has 3 heterocycles. The second-order valence-electron chi connectivity index (χ2n) is 11.3. The molecule has 232 valence electrons. The molecule has 0 radical (unpaired) electrons. The van der Waals surface area contributed by atoms with Crippen LogP contribution in [0.25, 0.3) is 22.0 Å². The summed E-state index contributed by atoms with van der Waals surface area (Å²) in [5.74, 6) is -1.82. The number of hydrogen-bond donors (Lipinski definition) is 2. The van der Waals surface area contributed by atoms with E-state index in [1.807, 2.05) is 0 Å². The monoisotopic (exact) mass is 604 g/mol. The third-order valence-electron chi connectivity index (χ3n) is 8.45. The Morgan fingerprint density at radius 1 is 1.05 bits per heavy atom. The van der Waals surface area contributed by atoms with E-state index in [-0.39, 0.29) is 34.2 Å². The number of aromatic nitrogens is 2. The van der Waals surface area contributed by atoms with Gasteiger partial charge in [0.1, 0.15) is 5.82 Å². The summed E-state index contributed by atoms with van der Waals surface area (Å²) >= 11 is 0. The zero-order valence-electron chi connectivity index (χ0n) is 25.8. The van der Waals surface area contributed by atoms with E-state index in [0.29, 0.717) is 22.3 Å². The molecule has 0 saturated carbocycles. The summed E-state index contributed by atoms with van der Waals surface area (Å²) in [5, 5.41) is 7.72. The molecule has 1 aliphatic heterocycles. The molecule has 1 fully saturated rings. The highest BCUT2D eigenvalue weighted by atomic mass is 19.1. The number of carbonyl (C=O) groups excluding carboxylic acids is 1. The maximum atomic E-state index is 15.1. The van der Waals surface area contributed by atoms with Crippen LogP contribution < -0.4 is 20.1 Å². The lowest BCUT2D eigenvalue weighted by molar-refractivity contribution is -0.115. The van der Waals surface area contributed by atoms with Crippen molar-refractivity contribution in [1.29, 1.82) is 0 Å². The van der Waals surface area contributed by atoms with Gasteiger partial charge in [-0.3, -0.25) is 14.7 Å². The third-order valence-corrected chi connectivity index (χ3v) is 8.45. The number of halogens is 2. The van der Waals surface area contributed by atoms with Crippen molar-refractivity contribution in [3.8, 4) is 22.8 Å². The fourth-order valence-electron chi connectivity index (χ4n) is 6.00. The number of anilines is 1. The zero-order valence-corrected chi connectivity index (χ0v) is 25.8. The van der Waals surface area contributed by atoms with Gasteiger partial charge in [-0.2, -0.15) is 0 Å². The number of benzene rings is 1. The summed E-state index contributed by atoms with van der Waals surface area (Å²) in [6, 6.07) is 4.53. The largest absolute Gasteiger partial charge is 0.494 e. The molecule has 1 saturated heterocycles. The molecule has 9 nitrogen and oxygen atoms in total. The fraction of sp³-hybridized carbons (Fsp3) is 0.364. The predicted octanol–water partition coefficient (Wildman–Crippen LogP) is 5.26. The van der Waals surface area contributed by atoms with Crippen LogP contribution in [0.5, 0.6) is 11.5 Å². The Kier molecular flexibility index (Phi) is 8.98. The van der Waals surface area contributed by atoms with Gasteiger partial charge in [-0.05, 0) is 56.7 Å². The van der Waals surface area contributed by atoms with Gasteiger partial charge in [-0.25, -0.2) is 13.8 Å². The van der Waals surface area contributed by atoms with Gasteiger partial charge < -0.3 is 25.0 Å². The standard InChI is InChI=1S/C33H38F2N6O3/c1-7-28(42)38-24-17-33(4,41-11-9-40(8-2)10-12-41)16-20(3)32(24)39-27-14-22-18-36-23(13-21(22)19-37-27)29-30(34)25(43-5)15-26(44-6)31(29)35/h7,13-15,17-19H,1,8-12,16H2,2-6H3,(H,37,39)(H,38,42). The second-order valence-corrected chi connectivity index (χ2v) is 11.3. The summed E-state index contributed by atoms with van der Waals surface area (Å²) in [5.41, 5.74) is 1.94. The molecule has 1 atom stereocenters. The third kappa shape index (κ3) is 6.02. The minimum atomic E-state index is -0.872. The lowest BCUT2D eigenvalue weighted by atomic mass is 9.83. The first-order chi connectivity index (χ1) is 21.1. The average Bonchev–Trinajstić information content (AvgIpc) is 3.02. The van der Waals surface area contributed by atoms with Crippen molar-refractivity contribution in [1.82, 2.24) is 25.1 Å². The molecule has 2 aliphatic rings. The molecule has 1 unspecified atom stereocenters. The smallest absolute Gasteiger partial charge is 0.247 e. The summed E-state index contributed by atoms with van der Waals surface area (Å²) in [7, 11) is 2.60. The van der Waals surface area contributed by atoms with Crippen LogP contribution in [0, 0.1) is 11.6 Å². The van der Waals surface area contributed by atoms with Crippen LogP contribution >= 0.6 is 0 Å². The van der Waals surface area contributed by atoms with Gasteiger partial charge in [-0.15, -0.1) is 0 Å². The number of pyridine rings is 2. The number of rotatable bonds is 9. The highest BCUT2D eigenvalue weighted by Crippen LogP contribution is 2.38. The van der Waals surface area contributed by atoms with E-state index < -0.39 is 11.6 Å². The summed E-state index contributed by atoms with van der Waals surface area (Å²) in [6.07, 6.45) is 7.28. The molecular formula is C33H38F2N6O3. The molecule has 0 spiro atoms. The van der Waals surface area contributed by atoms with Crippen LogP contribution in [0.4, 0.5) is 14.6 Å². The first kappa shape index (κ1) is 31.1. The van der Waals surface area contributed by atoms with E-state index in [0.717, 1.165) is 56.5 Å². The topological polar surface area (TPSA) is 91.9 Å². The van der Waals surface area contributed by atoms with E-state index >= 15 is 8.78 Å². The fourth-order valence-corrected chi connectivity index (χ4v) is 6.00. The number of nitrogens with zero attached hydrogens (tertiary/aromatic N) is 4. The molecular weight excluding hydrogens is 566 g/mol. The second kappa shape index (κ2) is 12.7. The lowest BCUT2D eigenvalue weighted by Crippen LogP contribution is -2.56. The van der Waals surface area contributed by atoms with Gasteiger partial charge in [-0.1, -0.05) is 13.5 Å². The van der Waals surface area contributed by atoms with E-state index in [1.54, 1.807) is 18.3 Å². The van der Waals surface area contributed by atoms with Crippen LogP contribution in [0.2, 0.25) is 0 Å². The van der Waals surface area contributed by atoms with E-state index in [2.05, 4.69) is 63.8 Å². The number of amides is 1. The van der Waals surface area contributed by atoms with Gasteiger partial charge in [0.2, 0.25) is 5.91 Å². The number of fused-ring (bicyclic) bond motifs is 1. The van der Waals surface area contributed by atoms with Gasteiger partial charge in [0.15, 0.2) is 23.1 Å². The van der Waals surface area contributed by atoms with Crippen LogP contribution in [-0.2, 0) is 4.79 Å². The molecule has 5 rings (SSSR count). The van der Waals surface area contributed by atoms with Gasteiger partial charge in [0, 0.05) is 61.0 Å². The Bertz CT molecular complexity index is 1640. The van der Waals surface area contributed by atoms with Crippen LogP contribution in [0.15, 0.2) is 66.3 Å². The average molecular weight is 605 g/mol. The molecule has 1 aromatic carbocycles. The molecule has 11 heteroatoms. The lowest BCUT2D eigenvalue weighted by Gasteiger charge is -2.46. The molecule has 1 aliphatic carbocycles. The van der Waals surface area contributed by atoms with Crippen molar-refractivity contribution in [2.24, 2.45) is 0 Å². The molecule has 1 amide bonds. The number of piperazine rings is 1. The number of carbonyl (C=O) groups is 1. The van der Waals surface area contributed by atoms with E-state index in [9.17, 15) is 4.79 Å². The van der Waals surface area contributed by atoms with Crippen molar-refractivity contribution in [2.75, 3.05) is 52.3 Å². The molecule has 44 heavy (non-hydrogen) atoms. The minimum Gasteiger partial charge on any atom is -0.494 e. The normalized spacial score (nSPS) is 19.5. The zero-order chi connectivity index (χ0) is 31.6. The van der Waals surface area contributed by atoms with Crippen LogP contribution in [-0.4, -0.2) is 78.2 Å². The minimum absolute atomic E-state index is 0.0782. The highest BCUT2D eigenvalue weighted by Gasteiger charge is 2.37. The SMILES string of the molecule is C=CC(=O)NC1=CC(C)(N2CCN(CC)CC2)CC(C)=C1Nc1cc2cnc(-c3c(F)c(OC)cc(OC)c3F)cc2cn1. The quantitative estimate of drug-likeness (QED) is 0.320. The van der Waals surface area contributed by atoms with Crippen molar-refractivity contribution in [3.05, 3.63) is 77.9 Å². The number of ether oxygens (including phenoxy) is 2. The van der Waals surface area contributed by atoms with E-state index in [1.165, 1.54) is 26.5 Å². The molecule has 2 aromatic heterocycles. The number of nitrogens with one attached hydrogen (secondary N) is 2. The Labute approximate surface area is 256 Å². The van der Waals surface area contributed by atoms with Crippen LogP contribution in [0.3, 0.4) is 0 Å². The Morgan fingerprint density at radius 3 is 2.30 bits per heavy atom. The van der Waals surface area contributed by atoms with Crippen LogP contribution in [0.1, 0.15) is 27.2 Å². The van der Waals surface area contributed by atoms with Crippen molar-refractivity contribution < 1.29 is 23.0 Å². The van der Waals surface area contributed by atoms with Gasteiger partial charge in [0.25, 0.3) is 0 Å². The molecule has 3 aromatic rings. The Morgan fingerprint density at radius 2 is 1.68 bits per heavy atom. The first-order valence-corrected chi connectivity index (χ1v) is 14.6. The van der Waals surface area contributed by atoms with Gasteiger partial charge in [0.05, 0.1) is 36.9 Å². The maximum Gasteiger partial charge on any atom is 0.247 e. The maximum absolute atomic E-state index is 15.1. The predicted molar refractivity (Wildman–Crippen MR) is 167 cm³/mol.